The van der Waals surface area contributed by atoms with E-state index in [1.165, 1.54) is 42.5 Å². The molecule has 0 radical (unpaired) electrons. The first-order valence-corrected chi connectivity index (χ1v) is 6.96. The molecule has 19 heavy (non-hydrogen) atoms. The van der Waals surface area contributed by atoms with Gasteiger partial charge >= 0.3 is 0 Å². The van der Waals surface area contributed by atoms with Gasteiger partial charge in [0, 0.05) is 48.0 Å². The maximum atomic E-state index is 5.28. The summed E-state index contributed by atoms with van der Waals surface area (Å²) in [6, 6.07) is 6.28. The normalized spacial score (nSPS) is 19.0. The predicted octanol–water partition coefficient (Wildman–Crippen LogP) is 3.24. The second-order valence-electron chi connectivity index (χ2n) is 5.51. The molecule has 1 aromatic carbocycles. The molecule has 3 nitrogen and oxygen atoms in total. The molecule has 3 aliphatic heterocycles. The number of hydrogen-bond acceptors (Lipinski definition) is 2. The second kappa shape index (κ2) is 4.05. The molecule has 0 aliphatic carbocycles. The highest BCUT2D eigenvalue weighted by molar-refractivity contribution is 5.94. The minimum absolute atomic E-state index is 0.742. The third-order valence-electron chi connectivity index (χ3n) is 4.49. The number of benzene rings is 1. The summed E-state index contributed by atoms with van der Waals surface area (Å²) in [4.78, 5) is 5.84. The van der Waals surface area contributed by atoms with Crippen molar-refractivity contribution >= 4 is 16.5 Å². The number of H-pyrrole nitrogens is 1. The van der Waals surface area contributed by atoms with Crippen molar-refractivity contribution in [3.63, 3.8) is 0 Å². The molecule has 0 unspecified atom stereocenters. The van der Waals surface area contributed by atoms with Crippen LogP contribution in [-0.4, -0.2) is 30.1 Å². The van der Waals surface area contributed by atoms with Gasteiger partial charge in [-0.15, -0.1) is 0 Å². The van der Waals surface area contributed by atoms with Gasteiger partial charge in [0.05, 0.1) is 7.11 Å². The lowest BCUT2D eigenvalue weighted by Gasteiger charge is -2.39. The Morgan fingerprint density at radius 2 is 2.11 bits per heavy atom. The standard InChI is InChI=1S/C16H18N2O/c1-19-12-2-3-13-14(9-17-16(13)8-12)15-10-18-6-4-11(15)5-7-18/h2-3,8-11,17H,4-7H2,1H3. The van der Waals surface area contributed by atoms with Crippen LogP contribution in [0.1, 0.15) is 18.4 Å². The minimum atomic E-state index is 0.742. The molecule has 1 fully saturated rings. The van der Waals surface area contributed by atoms with Crippen molar-refractivity contribution in [2.75, 3.05) is 20.2 Å². The first kappa shape index (κ1) is 11.0. The van der Waals surface area contributed by atoms with E-state index < -0.39 is 0 Å². The zero-order chi connectivity index (χ0) is 12.8. The monoisotopic (exact) mass is 254 g/mol. The number of piperidine rings is 1. The molecule has 3 heteroatoms. The number of rotatable bonds is 2. The summed E-state index contributed by atoms with van der Waals surface area (Å²) in [5.41, 5.74) is 4.03. The van der Waals surface area contributed by atoms with Gasteiger partial charge in [-0.05, 0) is 36.5 Å². The van der Waals surface area contributed by atoms with Crippen molar-refractivity contribution in [2.24, 2.45) is 5.92 Å². The van der Waals surface area contributed by atoms with Crippen molar-refractivity contribution < 1.29 is 4.74 Å². The van der Waals surface area contributed by atoms with Gasteiger partial charge in [-0.3, -0.25) is 0 Å². The summed E-state index contributed by atoms with van der Waals surface area (Å²) in [6.07, 6.45) is 7.12. The maximum absolute atomic E-state index is 5.28. The van der Waals surface area contributed by atoms with Crippen molar-refractivity contribution in [3.05, 3.63) is 36.2 Å². The third-order valence-corrected chi connectivity index (χ3v) is 4.49. The molecular formula is C16H18N2O. The Labute approximate surface area is 112 Å². The van der Waals surface area contributed by atoms with E-state index in [0.29, 0.717) is 0 Å². The van der Waals surface area contributed by atoms with Crippen molar-refractivity contribution in [1.29, 1.82) is 0 Å². The molecule has 1 N–H and O–H groups in total. The fourth-order valence-electron chi connectivity index (χ4n) is 3.40. The van der Waals surface area contributed by atoms with Crippen LogP contribution in [0.3, 0.4) is 0 Å². The topological polar surface area (TPSA) is 28.3 Å². The lowest BCUT2D eigenvalue weighted by molar-refractivity contribution is 0.252. The molecule has 0 amide bonds. The SMILES string of the molecule is COc1ccc2c(C3=CN4CCC3CC4)c[nH]c2c1. The Kier molecular flexibility index (Phi) is 2.34. The number of ether oxygens (including phenoxy) is 1. The molecule has 5 rings (SSSR count). The average Bonchev–Trinajstić information content (AvgIpc) is 2.91. The molecule has 1 saturated heterocycles. The van der Waals surface area contributed by atoms with Gasteiger partial charge in [0.15, 0.2) is 0 Å². The summed E-state index contributed by atoms with van der Waals surface area (Å²) in [5.74, 6) is 1.65. The van der Waals surface area contributed by atoms with Crippen LogP contribution in [0.4, 0.5) is 0 Å². The Balaban J connectivity index is 1.83. The smallest absolute Gasteiger partial charge is 0.120 e. The molecule has 0 spiro atoms. The Bertz CT molecular complexity index is 648. The van der Waals surface area contributed by atoms with Crippen LogP contribution in [0.2, 0.25) is 0 Å². The summed E-state index contributed by atoms with van der Waals surface area (Å²) in [5, 5.41) is 1.31. The average molecular weight is 254 g/mol. The van der Waals surface area contributed by atoms with E-state index in [4.69, 9.17) is 4.74 Å². The largest absolute Gasteiger partial charge is 0.497 e. The van der Waals surface area contributed by atoms with Crippen LogP contribution in [0.25, 0.3) is 16.5 Å². The first-order valence-electron chi connectivity index (χ1n) is 6.96. The Morgan fingerprint density at radius 3 is 2.79 bits per heavy atom. The highest BCUT2D eigenvalue weighted by Gasteiger charge is 2.28. The summed E-state index contributed by atoms with van der Waals surface area (Å²) in [6.45, 7) is 2.45. The molecule has 0 saturated carbocycles. The number of aromatic nitrogens is 1. The number of nitrogens with one attached hydrogen (secondary N) is 1. The van der Waals surface area contributed by atoms with Gasteiger partial charge in [-0.2, -0.15) is 0 Å². The molecule has 0 atom stereocenters. The van der Waals surface area contributed by atoms with Crippen LogP contribution in [0, 0.1) is 5.92 Å². The van der Waals surface area contributed by atoms with Crippen LogP contribution >= 0.6 is 0 Å². The van der Waals surface area contributed by atoms with Crippen LogP contribution in [0.5, 0.6) is 5.75 Å². The Morgan fingerprint density at radius 1 is 1.26 bits per heavy atom. The second-order valence-corrected chi connectivity index (χ2v) is 5.51. The van der Waals surface area contributed by atoms with Crippen LogP contribution in [0.15, 0.2) is 30.6 Å². The Hall–Kier alpha value is -1.90. The fraction of sp³-hybridized carbons (Fsp3) is 0.375. The van der Waals surface area contributed by atoms with Gasteiger partial charge < -0.3 is 14.6 Å². The van der Waals surface area contributed by atoms with E-state index in [2.05, 4.69) is 34.4 Å². The van der Waals surface area contributed by atoms with Gasteiger partial charge in [0.2, 0.25) is 0 Å². The number of methoxy groups -OCH3 is 1. The lowest BCUT2D eigenvalue weighted by atomic mass is 9.82. The van der Waals surface area contributed by atoms with E-state index in [-0.39, 0.29) is 0 Å². The number of allylic oxidation sites excluding steroid dienone is 1. The minimum Gasteiger partial charge on any atom is -0.497 e. The van der Waals surface area contributed by atoms with Crippen molar-refractivity contribution in [2.45, 2.75) is 12.8 Å². The fourth-order valence-corrected chi connectivity index (χ4v) is 3.40. The highest BCUT2D eigenvalue weighted by atomic mass is 16.5. The van der Waals surface area contributed by atoms with E-state index >= 15 is 0 Å². The molecule has 2 aromatic rings. The first-order chi connectivity index (χ1) is 9.35. The zero-order valence-electron chi connectivity index (χ0n) is 11.1. The summed E-state index contributed by atoms with van der Waals surface area (Å²) in [7, 11) is 1.71. The van der Waals surface area contributed by atoms with Crippen LogP contribution < -0.4 is 4.74 Å². The van der Waals surface area contributed by atoms with Crippen molar-refractivity contribution in [1.82, 2.24) is 9.88 Å². The number of nitrogens with zero attached hydrogens (tertiary/aromatic N) is 1. The lowest BCUT2D eigenvalue weighted by Crippen LogP contribution is -2.35. The number of fused-ring (bicyclic) bond motifs is 3. The molecule has 3 aliphatic rings. The zero-order valence-corrected chi connectivity index (χ0v) is 11.1. The summed E-state index contributed by atoms with van der Waals surface area (Å²) < 4.78 is 5.28. The quantitative estimate of drug-likeness (QED) is 0.891. The van der Waals surface area contributed by atoms with Crippen molar-refractivity contribution in [3.8, 4) is 5.75 Å². The number of aromatic amines is 1. The highest BCUT2D eigenvalue weighted by Crippen LogP contribution is 2.40. The molecular weight excluding hydrogens is 236 g/mol. The maximum Gasteiger partial charge on any atom is 0.120 e. The van der Waals surface area contributed by atoms with Gasteiger partial charge in [-0.25, -0.2) is 0 Å². The molecule has 2 bridgehead atoms. The molecule has 4 heterocycles. The molecule has 98 valence electrons. The predicted molar refractivity (Wildman–Crippen MR) is 77.1 cm³/mol. The molecule has 1 aromatic heterocycles. The van der Waals surface area contributed by atoms with Gasteiger partial charge in [0.1, 0.15) is 5.75 Å². The van der Waals surface area contributed by atoms with Gasteiger partial charge in [0.25, 0.3) is 0 Å². The van der Waals surface area contributed by atoms with E-state index in [9.17, 15) is 0 Å². The van der Waals surface area contributed by atoms with E-state index in [0.717, 1.165) is 17.2 Å². The third kappa shape index (κ3) is 1.65. The van der Waals surface area contributed by atoms with Gasteiger partial charge in [-0.1, -0.05) is 0 Å². The van der Waals surface area contributed by atoms with E-state index in [1.807, 2.05) is 6.07 Å². The summed E-state index contributed by atoms with van der Waals surface area (Å²) >= 11 is 0. The number of hydrogen-bond donors (Lipinski definition) is 1. The van der Waals surface area contributed by atoms with E-state index in [1.54, 1.807) is 7.11 Å². The van der Waals surface area contributed by atoms with Crippen LogP contribution in [-0.2, 0) is 0 Å².